The molecule has 92 valence electrons. The SMILES string of the molecule is CC=C(CCCCCCCC(N)=O)C(N)=O. The van der Waals surface area contributed by atoms with Crippen molar-refractivity contribution in [3.63, 3.8) is 0 Å². The first-order valence-corrected chi connectivity index (χ1v) is 5.81. The van der Waals surface area contributed by atoms with Crippen LogP contribution in [0.2, 0.25) is 0 Å². The lowest BCUT2D eigenvalue weighted by Crippen LogP contribution is -2.13. The first-order chi connectivity index (χ1) is 7.57. The number of allylic oxidation sites excluding steroid dienone is 1. The maximum Gasteiger partial charge on any atom is 0.244 e. The van der Waals surface area contributed by atoms with Crippen molar-refractivity contribution >= 4 is 11.8 Å². The molecule has 0 aromatic carbocycles. The van der Waals surface area contributed by atoms with E-state index >= 15 is 0 Å². The lowest BCUT2D eigenvalue weighted by Gasteiger charge is -2.02. The van der Waals surface area contributed by atoms with Gasteiger partial charge in [-0.3, -0.25) is 9.59 Å². The van der Waals surface area contributed by atoms with Gasteiger partial charge >= 0.3 is 0 Å². The molecule has 16 heavy (non-hydrogen) atoms. The van der Waals surface area contributed by atoms with Crippen LogP contribution in [0.1, 0.15) is 51.9 Å². The van der Waals surface area contributed by atoms with Crippen molar-refractivity contribution in [1.82, 2.24) is 0 Å². The third kappa shape index (κ3) is 8.03. The number of unbranched alkanes of at least 4 members (excludes halogenated alkanes) is 4. The second kappa shape index (κ2) is 8.95. The zero-order valence-electron chi connectivity index (χ0n) is 10.00. The van der Waals surface area contributed by atoms with Gasteiger partial charge in [0.2, 0.25) is 11.8 Å². The summed E-state index contributed by atoms with van der Waals surface area (Å²) in [5, 5.41) is 0. The molecule has 0 aromatic heterocycles. The molecule has 0 heterocycles. The molecule has 0 fully saturated rings. The van der Waals surface area contributed by atoms with Crippen LogP contribution in [0.4, 0.5) is 0 Å². The Labute approximate surface area is 97.1 Å². The first-order valence-electron chi connectivity index (χ1n) is 5.81. The predicted octanol–water partition coefficient (Wildman–Crippen LogP) is 1.63. The minimum atomic E-state index is -0.323. The summed E-state index contributed by atoms with van der Waals surface area (Å²) >= 11 is 0. The van der Waals surface area contributed by atoms with Crippen molar-refractivity contribution in [3.05, 3.63) is 11.6 Å². The van der Waals surface area contributed by atoms with Crippen molar-refractivity contribution in [2.45, 2.75) is 51.9 Å². The molecule has 2 amide bonds. The molecule has 0 saturated carbocycles. The lowest BCUT2D eigenvalue weighted by molar-refractivity contribution is -0.118. The highest BCUT2D eigenvalue weighted by Gasteiger charge is 2.02. The quantitative estimate of drug-likeness (QED) is 0.462. The van der Waals surface area contributed by atoms with Gasteiger partial charge in [-0.2, -0.15) is 0 Å². The van der Waals surface area contributed by atoms with E-state index in [2.05, 4.69) is 0 Å². The monoisotopic (exact) mass is 226 g/mol. The Hall–Kier alpha value is -1.32. The molecule has 0 radical (unpaired) electrons. The summed E-state index contributed by atoms with van der Waals surface area (Å²) in [4.78, 5) is 21.3. The van der Waals surface area contributed by atoms with Crippen LogP contribution in [0, 0.1) is 0 Å². The standard InChI is InChI=1S/C12H22N2O2/c1-2-10(12(14)16)8-6-4-3-5-7-9-11(13)15/h2H,3-9H2,1H3,(H2,13,15)(H2,14,16). The van der Waals surface area contributed by atoms with Gasteiger partial charge in [-0.05, 0) is 26.2 Å². The third-order valence-corrected chi connectivity index (χ3v) is 2.53. The molecule has 0 rings (SSSR count). The Morgan fingerprint density at radius 3 is 1.88 bits per heavy atom. The van der Waals surface area contributed by atoms with Crippen molar-refractivity contribution in [3.8, 4) is 0 Å². The van der Waals surface area contributed by atoms with Gasteiger partial charge in [0.15, 0.2) is 0 Å². The van der Waals surface area contributed by atoms with Gasteiger partial charge in [0.05, 0.1) is 0 Å². The Bertz CT molecular complexity index is 260. The summed E-state index contributed by atoms with van der Waals surface area (Å²) < 4.78 is 0. The highest BCUT2D eigenvalue weighted by Crippen LogP contribution is 2.11. The fourth-order valence-corrected chi connectivity index (χ4v) is 1.55. The van der Waals surface area contributed by atoms with Crippen molar-refractivity contribution in [2.24, 2.45) is 11.5 Å². The summed E-state index contributed by atoms with van der Waals surface area (Å²) in [5.74, 6) is -0.554. The van der Waals surface area contributed by atoms with E-state index in [4.69, 9.17) is 11.5 Å². The summed E-state index contributed by atoms with van der Waals surface area (Å²) in [6, 6.07) is 0. The summed E-state index contributed by atoms with van der Waals surface area (Å²) in [5.41, 5.74) is 10.9. The van der Waals surface area contributed by atoms with Gasteiger partial charge in [0.1, 0.15) is 0 Å². The zero-order valence-corrected chi connectivity index (χ0v) is 10.00. The zero-order chi connectivity index (χ0) is 12.4. The molecule has 0 spiro atoms. The molecule has 0 atom stereocenters. The summed E-state index contributed by atoms with van der Waals surface area (Å²) in [6.45, 7) is 1.83. The molecule has 0 aliphatic heterocycles. The molecular weight excluding hydrogens is 204 g/mol. The number of nitrogens with two attached hydrogens (primary N) is 2. The fourth-order valence-electron chi connectivity index (χ4n) is 1.55. The predicted molar refractivity (Wildman–Crippen MR) is 64.5 cm³/mol. The molecule has 0 aliphatic carbocycles. The van der Waals surface area contributed by atoms with Gasteiger partial charge in [-0.1, -0.05) is 25.3 Å². The van der Waals surface area contributed by atoms with Crippen LogP contribution in [0.25, 0.3) is 0 Å². The Morgan fingerprint density at radius 1 is 0.938 bits per heavy atom. The van der Waals surface area contributed by atoms with Crippen molar-refractivity contribution < 1.29 is 9.59 Å². The minimum Gasteiger partial charge on any atom is -0.370 e. The molecule has 0 bridgehead atoms. The van der Waals surface area contributed by atoms with E-state index in [0.717, 1.165) is 38.5 Å². The number of hydrogen-bond acceptors (Lipinski definition) is 2. The number of carbonyl (C=O) groups excluding carboxylic acids is 2. The summed E-state index contributed by atoms with van der Waals surface area (Å²) in [7, 11) is 0. The maximum atomic E-state index is 10.9. The molecular formula is C12H22N2O2. The average molecular weight is 226 g/mol. The number of rotatable bonds is 9. The molecule has 0 unspecified atom stereocenters. The molecule has 4 nitrogen and oxygen atoms in total. The van der Waals surface area contributed by atoms with E-state index in [9.17, 15) is 9.59 Å². The Morgan fingerprint density at radius 2 is 1.44 bits per heavy atom. The van der Waals surface area contributed by atoms with Crippen LogP contribution in [0.3, 0.4) is 0 Å². The van der Waals surface area contributed by atoms with Crippen LogP contribution in [-0.2, 0) is 9.59 Å². The van der Waals surface area contributed by atoms with Crippen molar-refractivity contribution in [2.75, 3.05) is 0 Å². The smallest absolute Gasteiger partial charge is 0.244 e. The largest absolute Gasteiger partial charge is 0.370 e. The molecule has 0 aliphatic rings. The van der Waals surface area contributed by atoms with Gasteiger partial charge in [-0.15, -0.1) is 0 Å². The van der Waals surface area contributed by atoms with Crippen LogP contribution < -0.4 is 11.5 Å². The van der Waals surface area contributed by atoms with E-state index in [1.54, 1.807) is 6.08 Å². The van der Waals surface area contributed by atoms with Crippen LogP contribution >= 0.6 is 0 Å². The maximum absolute atomic E-state index is 10.9. The number of amides is 2. The molecule has 4 heteroatoms. The minimum absolute atomic E-state index is 0.232. The molecule has 4 N–H and O–H groups in total. The van der Waals surface area contributed by atoms with Crippen molar-refractivity contribution in [1.29, 1.82) is 0 Å². The highest BCUT2D eigenvalue weighted by atomic mass is 16.1. The topological polar surface area (TPSA) is 86.2 Å². The van der Waals surface area contributed by atoms with Crippen LogP contribution in [0.15, 0.2) is 11.6 Å². The molecule has 0 saturated heterocycles. The van der Waals surface area contributed by atoms with E-state index in [-0.39, 0.29) is 11.8 Å². The lowest BCUT2D eigenvalue weighted by atomic mass is 10.0. The van der Waals surface area contributed by atoms with Gasteiger partial charge in [0.25, 0.3) is 0 Å². The van der Waals surface area contributed by atoms with E-state index < -0.39 is 0 Å². The van der Waals surface area contributed by atoms with E-state index in [1.807, 2.05) is 6.92 Å². The van der Waals surface area contributed by atoms with Gasteiger partial charge < -0.3 is 11.5 Å². The van der Waals surface area contributed by atoms with Gasteiger partial charge in [0, 0.05) is 12.0 Å². The Kier molecular flexibility index (Phi) is 8.21. The first kappa shape index (κ1) is 14.7. The second-order valence-electron chi connectivity index (χ2n) is 3.91. The van der Waals surface area contributed by atoms with Crippen LogP contribution in [0.5, 0.6) is 0 Å². The van der Waals surface area contributed by atoms with Crippen LogP contribution in [-0.4, -0.2) is 11.8 Å². The molecule has 0 aromatic rings. The fraction of sp³-hybridized carbons (Fsp3) is 0.667. The van der Waals surface area contributed by atoms with Gasteiger partial charge in [-0.25, -0.2) is 0 Å². The highest BCUT2D eigenvalue weighted by molar-refractivity contribution is 5.91. The third-order valence-electron chi connectivity index (χ3n) is 2.53. The Balaban J connectivity index is 3.40. The second-order valence-corrected chi connectivity index (χ2v) is 3.91. The van der Waals surface area contributed by atoms with E-state index in [0.29, 0.717) is 12.0 Å². The van der Waals surface area contributed by atoms with E-state index in [1.165, 1.54) is 0 Å². The number of primary amides is 2. The average Bonchev–Trinajstić information content (AvgIpc) is 2.21. The number of hydrogen-bond donors (Lipinski definition) is 2. The normalized spacial score (nSPS) is 11.4. The summed E-state index contributed by atoms with van der Waals surface area (Å²) in [6.07, 6.45) is 7.98. The number of carbonyl (C=O) groups is 2.